The van der Waals surface area contributed by atoms with E-state index in [4.69, 9.17) is 21.4 Å². The maximum absolute atomic E-state index is 11.8. The van der Waals surface area contributed by atoms with Gasteiger partial charge in [0.2, 0.25) is 0 Å². The molecule has 0 fully saturated rings. The van der Waals surface area contributed by atoms with E-state index in [9.17, 15) is 9.59 Å². The second-order valence-electron chi connectivity index (χ2n) is 3.96. The van der Waals surface area contributed by atoms with Crippen LogP contribution in [0.1, 0.15) is 29.6 Å². The summed E-state index contributed by atoms with van der Waals surface area (Å²) in [4.78, 5) is 22.1. The van der Waals surface area contributed by atoms with Gasteiger partial charge in [-0.1, -0.05) is 11.6 Å². The van der Waals surface area contributed by atoms with Crippen LogP contribution in [0.5, 0.6) is 5.75 Å². The first kappa shape index (κ1) is 15.3. The molecule has 1 amide bonds. The van der Waals surface area contributed by atoms with Crippen LogP contribution in [0.2, 0.25) is 5.02 Å². The Hall–Kier alpha value is -1.75. The maximum Gasteiger partial charge on any atom is 0.303 e. The number of rotatable bonds is 7. The van der Waals surface area contributed by atoms with E-state index in [1.54, 1.807) is 18.2 Å². The van der Waals surface area contributed by atoms with Crippen molar-refractivity contribution in [2.24, 2.45) is 0 Å². The normalized spacial score (nSPS) is 10.0. The lowest BCUT2D eigenvalue weighted by Crippen LogP contribution is -2.24. The van der Waals surface area contributed by atoms with Gasteiger partial charge in [0.1, 0.15) is 5.75 Å². The average Bonchev–Trinajstić information content (AvgIpc) is 2.38. The highest BCUT2D eigenvalue weighted by Gasteiger charge is 2.08. The fraction of sp³-hybridized carbons (Fsp3) is 0.385. The predicted molar refractivity (Wildman–Crippen MR) is 71.8 cm³/mol. The molecule has 0 saturated carbocycles. The number of aliphatic carboxylic acids is 1. The van der Waals surface area contributed by atoms with Gasteiger partial charge < -0.3 is 15.2 Å². The van der Waals surface area contributed by atoms with Crippen LogP contribution in [0.3, 0.4) is 0 Å². The van der Waals surface area contributed by atoms with Gasteiger partial charge in [-0.3, -0.25) is 9.59 Å². The minimum absolute atomic E-state index is 0.116. The van der Waals surface area contributed by atoms with E-state index in [2.05, 4.69) is 5.32 Å². The highest BCUT2D eigenvalue weighted by Crippen LogP contribution is 2.24. The lowest BCUT2D eigenvalue weighted by Gasteiger charge is -2.07. The summed E-state index contributed by atoms with van der Waals surface area (Å²) in [6.45, 7) is 0.442. The molecule has 0 aliphatic rings. The molecule has 1 aromatic carbocycles. The molecule has 104 valence electrons. The molecule has 0 spiro atoms. The summed E-state index contributed by atoms with van der Waals surface area (Å²) in [5.41, 5.74) is 0.458. The van der Waals surface area contributed by atoms with Gasteiger partial charge >= 0.3 is 5.97 Å². The molecule has 5 nitrogen and oxygen atoms in total. The van der Waals surface area contributed by atoms with E-state index in [1.165, 1.54) is 7.11 Å². The fourth-order valence-corrected chi connectivity index (χ4v) is 1.70. The van der Waals surface area contributed by atoms with E-state index in [-0.39, 0.29) is 12.3 Å². The summed E-state index contributed by atoms with van der Waals surface area (Å²) < 4.78 is 5.03. The van der Waals surface area contributed by atoms with E-state index in [0.29, 0.717) is 35.7 Å². The van der Waals surface area contributed by atoms with Crippen LogP contribution in [-0.4, -0.2) is 30.6 Å². The number of carbonyl (C=O) groups is 2. The largest absolute Gasteiger partial charge is 0.495 e. The van der Waals surface area contributed by atoms with Gasteiger partial charge in [0.25, 0.3) is 5.91 Å². The molecule has 19 heavy (non-hydrogen) atoms. The van der Waals surface area contributed by atoms with Crippen molar-refractivity contribution in [2.45, 2.75) is 19.3 Å². The van der Waals surface area contributed by atoms with Crippen LogP contribution < -0.4 is 10.1 Å². The Morgan fingerprint density at radius 1 is 1.37 bits per heavy atom. The molecular weight excluding hydrogens is 270 g/mol. The van der Waals surface area contributed by atoms with Crippen molar-refractivity contribution >= 4 is 23.5 Å². The Labute approximate surface area is 116 Å². The summed E-state index contributed by atoms with van der Waals surface area (Å²) >= 11 is 5.86. The second kappa shape index (κ2) is 7.63. The number of nitrogens with one attached hydrogen (secondary N) is 1. The molecular formula is C13H16ClNO4. The number of carboxylic acids is 1. The third kappa shape index (κ3) is 5.18. The second-order valence-corrected chi connectivity index (χ2v) is 4.36. The summed E-state index contributed by atoms with van der Waals surface area (Å²) in [5.74, 6) is -0.612. The number of carboxylic acid groups (broad SMARTS) is 1. The van der Waals surface area contributed by atoms with Crippen molar-refractivity contribution in [3.8, 4) is 5.75 Å². The van der Waals surface area contributed by atoms with Gasteiger partial charge in [-0.05, 0) is 31.0 Å². The zero-order valence-corrected chi connectivity index (χ0v) is 11.4. The molecule has 0 radical (unpaired) electrons. The Morgan fingerprint density at radius 2 is 2.11 bits per heavy atom. The van der Waals surface area contributed by atoms with Crippen LogP contribution in [-0.2, 0) is 4.79 Å². The molecule has 2 N–H and O–H groups in total. The van der Waals surface area contributed by atoms with Crippen LogP contribution in [0.25, 0.3) is 0 Å². The average molecular weight is 286 g/mol. The quantitative estimate of drug-likeness (QED) is 0.754. The molecule has 1 aromatic rings. The van der Waals surface area contributed by atoms with Crippen molar-refractivity contribution in [1.29, 1.82) is 0 Å². The maximum atomic E-state index is 11.8. The van der Waals surface area contributed by atoms with Crippen LogP contribution >= 0.6 is 11.6 Å². The number of methoxy groups -OCH3 is 1. The summed E-state index contributed by atoms with van der Waals surface area (Å²) in [5, 5.41) is 11.6. The minimum atomic E-state index is -0.825. The number of benzene rings is 1. The van der Waals surface area contributed by atoms with Gasteiger partial charge in [-0.25, -0.2) is 0 Å². The Kier molecular flexibility index (Phi) is 6.15. The third-order valence-corrected chi connectivity index (χ3v) is 2.83. The number of hydrogen-bond donors (Lipinski definition) is 2. The van der Waals surface area contributed by atoms with Crippen molar-refractivity contribution in [1.82, 2.24) is 5.32 Å². The van der Waals surface area contributed by atoms with Gasteiger partial charge in [0.05, 0.1) is 12.1 Å². The van der Waals surface area contributed by atoms with Crippen LogP contribution in [0, 0.1) is 0 Å². The SMILES string of the molecule is COc1cc(C(=O)NCCCCC(=O)O)ccc1Cl. The lowest BCUT2D eigenvalue weighted by atomic mass is 10.2. The fourth-order valence-electron chi connectivity index (χ4n) is 1.51. The van der Waals surface area contributed by atoms with Crippen LogP contribution in [0.15, 0.2) is 18.2 Å². The van der Waals surface area contributed by atoms with E-state index < -0.39 is 5.97 Å². The standard InChI is InChI=1S/C13H16ClNO4/c1-19-11-8-9(5-6-10(11)14)13(18)15-7-3-2-4-12(16)17/h5-6,8H,2-4,7H2,1H3,(H,15,18)(H,16,17). The van der Waals surface area contributed by atoms with Crippen molar-refractivity contribution in [2.75, 3.05) is 13.7 Å². The minimum Gasteiger partial charge on any atom is -0.495 e. The van der Waals surface area contributed by atoms with Crippen molar-refractivity contribution in [3.63, 3.8) is 0 Å². The van der Waals surface area contributed by atoms with Crippen molar-refractivity contribution < 1.29 is 19.4 Å². The molecule has 0 unspecified atom stereocenters. The van der Waals surface area contributed by atoms with Gasteiger partial charge in [-0.15, -0.1) is 0 Å². The molecule has 1 rings (SSSR count). The Balaban J connectivity index is 2.43. The molecule has 0 atom stereocenters. The number of ether oxygens (including phenoxy) is 1. The molecule has 0 aromatic heterocycles. The number of unbranched alkanes of at least 4 members (excludes halogenated alkanes) is 1. The van der Waals surface area contributed by atoms with Gasteiger partial charge in [0, 0.05) is 18.5 Å². The molecule has 6 heteroatoms. The Morgan fingerprint density at radius 3 is 2.74 bits per heavy atom. The molecule has 0 aliphatic carbocycles. The van der Waals surface area contributed by atoms with Crippen molar-refractivity contribution in [3.05, 3.63) is 28.8 Å². The zero-order chi connectivity index (χ0) is 14.3. The monoisotopic (exact) mass is 285 g/mol. The number of carbonyl (C=O) groups excluding carboxylic acids is 1. The predicted octanol–water partition coefficient (Wildman–Crippen LogP) is 2.33. The smallest absolute Gasteiger partial charge is 0.303 e. The summed E-state index contributed by atoms with van der Waals surface area (Å²) in [6.07, 6.45) is 1.28. The lowest BCUT2D eigenvalue weighted by molar-refractivity contribution is -0.137. The highest BCUT2D eigenvalue weighted by molar-refractivity contribution is 6.32. The zero-order valence-electron chi connectivity index (χ0n) is 10.6. The topological polar surface area (TPSA) is 75.6 Å². The molecule has 0 aliphatic heterocycles. The van der Waals surface area contributed by atoms with E-state index >= 15 is 0 Å². The first-order valence-corrected chi connectivity index (χ1v) is 6.26. The highest BCUT2D eigenvalue weighted by atomic mass is 35.5. The number of halogens is 1. The van der Waals surface area contributed by atoms with E-state index in [0.717, 1.165) is 0 Å². The van der Waals surface area contributed by atoms with Gasteiger partial charge in [0.15, 0.2) is 0 Å². The first-order valence-electron chi connectivity index (χ1n) is 5.88. The van der Waals surface area contributed by atoms with Gasteiger partial charge in [-0.2, -0.15) is 0 Å². The molecule has 0 saturated heterocycles. The van der Waals surface area contributed by atoms with E-state index in [1.807, 2.05) is 0 Å². The number of amides is 1. The first-order chi connectivity index (χ1) is 9.04. The molecule has 0 bridgehead atoms. The van der Waals surface area contributed by atoms with Crippen LogP contribution in [0.4, 0.5) is 0 Å². The third-order valence-electron chi connectivity index (χ3n) is 2.52. The summed E-state index contributed by atoms with van der Waals surface area (Å²) in [7, 11) is 1.48. The number of hydrogen-bond acceptors (Lipinski definition) is 3. The summed E-state index contributed by atoms with van der Waals surface area (Å²) in [6, 6.07) is 4.77. The molecule has 0 heterocycles. The Bertz CT molecular complexity index is 462.